The minimum Gasteiger partial charge on any atom is -0.338 e. The number of pyridine rings is 1. The van der Waals surface area contributed by atoms with E-state index >= 15 is 0 Å². The monoisotopic (exact) mass is 520 g/mol. The molecule has 2 aliphatic rings. The molecular formula is C27H30F2N8O. The first-order chi connectivity index (χ1) is 18.4. The largest absolute Gasteiger partial charge is 0.338 e. The SMILES string of the molecule is [C-]#[N+]c1cnc2c(c1)c(C(=O)N1CC[C@H](c3nn[nH]n3)C1)c(CCCCCCC#CC1CC(F)(F)C1)n2C. The lowest BCUT2D eigenvalue weighted by Gasteiger charge is -2.31. The van der Waals surface area contributed by atoms with Crippen LogP contribution >= 0.6 is 0 Å². The molecule has 1 saturated carbocycles. The zero-order chi connectivity index (χ0) is 26.7. The van der Waals surface area contributed by atoms with Gasteiger partial charge in [0, 0.05) is 68.5 Å². The molecule has 0 spiro atoms. The zero-order valence-corrected chi connectivity index (χ0v) is 21.4. The lowest BCUT2D eigenvalue weighted by atomic mass is 9.82. The summed E-state index contributed by atoms with van der Waals surface area (Å²) in [6.07, 6.45) is 7.33. The molecule has 1 aliphatic heterocycles. The van der Waals surface area contributed by atoms with Crippen molar-refractivity contribution in [2.45, 2.75) is 69.6 Å². The van der Waals surface area contributed by atoms with E-state index in [9.17, 15) is 13.6 Å². The van der Waals surface area contributed by atoms with Crippen LogP contribution in [0.4, 0.5) is 14.5 Å². The number of hydrogen-bond acceptors (Lipinski definition) is 5. The number of aromatic amines is 1. The van der Waals surface area contributed by atoms with Crippen molar-refractivity contribution in [3.8, 4) is 11.8 Å². The molecule has 1 N–H and O–H groups in total. The number of likely N-dealkylation sites (tertiary alicyclic amines) is 1. The van der Waals surface area contributed by atoms with Crippen molar-refractivity contribution in [3.05, 3.63) is 40.8 Å². The first-order valence-electron chi connectivity index (χ1n) is 13.1. The quantitative estimate of drug-likeness (QED) is 0.261. The molecule has 1 aliphatic carbocycles. The Labute approximate surface area is 219 Å². The van der Waals surface area contributed by atoms with Gasteiger partial charge in [-0.1, -0.05) is 24.0 Å². The molecule has 1 amide bonds. The predicted molar refractivity (Wildman–Crippen MR) is 137 cm³/mol. The lowest BCUT2D eigenvalue weighted by Crippen LogP contribution is -2.34. The van der Waals surface area contributed by atoms with Gasteiger partial charge >= 0.3 is 0 Å². The summed E-state index contributed by atoms with van der Waals surface area (Å²) < 4.78 is 27.8. The molecule has 9 nitrogen and oxygen atoms in total. The summed E-state index contributed by atoms with van der Waals surface area (Å²) in [6, 6.07) is 1.76. The number of aryl methyl sites for hydroxylation is 1. The number of nitrogens with one attached hydrogen (secondary N) is 1. The highest BCUT2D eigenvalue weighted by Gasteiger charge is 2.44. The third kappa shape index (κ3) is 5.38. The van der Waals surface area contributed by atoms with E-state index in [2.05, 4.69) is 42.3 Å². The number of halogens is 2. The molecule has 0 aromatic carbocycles. The molecule has 38 heavy (non-hydrogen) atoms. The number of hydrogen-bond donors (Lipinski definition) is 1. The van der Waals surface area contributed by atoms with Crippen LogP contribution in [-0.2, 0) is 13.5 Å². The third-order valence-corrected chi connectivity index (χ3v) is 7.54. The third-order valence-electron chi connectivity index (χ3n) is 7.54. The maximum atomic E-state index is 13.8. The van der Waals surface area contributed by atoms with E-state index in [1.807, 2.05) is 16.5 Å². The molecule has 3 aromatic heterocycles. The second kappa shape index (κ2) is 10.9. The van der Waals surface area contributed by atoms with Crippen LogP contribution < -0.4 is 0 Å². The average molecular weight is 521 g/mol. The first-order valence-corrected chi connectivity index (χ1v) is 13.1. The number of unbranched alkanes of at least 4 members (excludes halogenated alkanes) is 4. The molecule has 3 aromatic rings. The van der Waals surface area contributed by atoms with E-state index in [0.717, 1.165) is 44.2 Å². The minimum absolute atomic E-state index is 0.0388. The smallest absolute Gasteiger partial charge is 0.256 e. The van der Waals surface area contributed by atoms with Crippen LogP contribution in [0, 0.1) is 24.3 Å². The van der Waals surface area contributed by atoms with Crippen molar-refractivity contribution in [3.63, 3.8) is 0 Å². The van der Waals surface area contributed by atoms with Crippen molar-refractivity contribution in [2.75, 3.05) is 13.1 Å². The van der Waals surface area contributed by atoms with Gasteiger partial charge in [0.15, 0.2) is 5.82 Å². The van der Waals surface area contributed by atoms with Gasteiger partial charge in [0.1, 0.15) is 5.65 Å². The van der Waals surface area contributed by atoms with Crippen LogP contribution in [0.1, 0.15) is 79.2 Å². The van der Waals surface area contributed by atoms with Crippen molar-refractivity contribution in [1.29, 1.82) is 0 Å². The molecule has 1 saturated heterocycles. The number of rotatable bonds is 8. The van der Waals surface area contributed by atoms with Crippen LogP contribution in [0.5, 0.6) is 0 Å². The van der Waals surface area contributed by atoms with Crippen LogP contribution in [0.25, 0.3) is 15.9 Å². The number of aromatic nitrogens is 6. The normalized spacial score (nSPS) is 18.7. The van der Waals surface area contributed by atoms with Crippen LogP contribution in [0.3, 0.4) is 0 Å². The number of carbonyl (C=O) groups is 1. The topological polar surface area (TPSA) is 96.9 Å². The second-order valence-corrected chi connectivity index (χ2v) is 10.3. The standard InChI is InChI=1S/C27H30F2N8O/c1-30-20-13-21-23(26(38)37-12-11-19(17-37)24-32-34-35-33-24)22(36(2)25(21)31-16-20)10-8-6-4-3-5-7-9-18-14-27(28,29)15-18/h13,16,18-19H,3-6,8,10-12,14-15,17H2,2H3,(H,32,33,34,35)/t19-/m0/s1. The van der Waals surface area contributed by atoms with Crippen molar-refractivity contribution >= 4 is 22.6 Å². The molecule has 11 heteroatoms. The number of nitrogens with zero attached hydrogens (tertiary/aromatic N) is 7. The van der Waals surface area contributed by atoms with Crippen molar-refractivity contribution in [1.82, 2.24) is 35.1 Å². The van der Waals surface area contributed by atoms with E-state index in [1.165, 1.54) is 0 Å². The number of alkyl halides is 2. The van der Waals surface area contributed by atoms with Gasteiger partial charge in [0.25, 0.3) is 11.8 Å². The summed E-state index contributed by atoms with van der Waals surface area (Å²) >= 11 is 0. The van der Waals surface area contributed by atoms with Crippen LogP contribution in [0.2, 0.25) is 0 Å². The van der Waals surface area contributed by atoms with E-state index in [4.69, 9.17) is 6.57 Å². The van der Waals surface area contributed by atoms with Crippen LogP contribution in [-0.4, -0.2) is 60.0 Å². The average Bonchev–Trinajstić information content (AvgIpc) is 3.64. The summed E-state index contributed by atoms with van der Waals surface area (Å²) in [5.74, 6) is 3.95. The zero-order valence-electron chi connectivity index (χ0n) is 21.4. The van der Waals surface area contributed by atoms with Gasteiger partial charge in [-0.05, 0) is 31.7 Å². The maximum absolute atomic E-state index is 13.8. The van der Waals surface area contributed by atoms with Gasteiger partial charge in [-0.25, -0.2) is 18.6 Å². The van der Waals surface area contributed by atoms with E-state index in [-0.39, 0.29) is 30.6 Å². The fourth-order valence-corrected chi connectivity index (χ4v) is 5.44. The number of fused-ring (bicyclic) bond motifs is 1. The predicted octanol–water partition coefficient (Wildman–Crippen LogP) is 4.81. The number of carbonyl (C=O) groups excluding carboxylic acids is 1. The van der Waals surface area contributed by atoms with E-state index in [1.54, 1.807) is 12.3 Å². The van der Waals surface area contributed by atoms with E-state index < -0.39 is 5.92 Å². The maximum Gasteiger partial charge on any atom is 0.256 e. The molecule has 0 unspecified atom stereocenters. The number of amides is 1. The number of tetrazole rings is 1. The summed E-state index contributed by atoms with van der Waals surface area (Å²) in [5.41, 5.74) is 2.65. The summed E-state index contributed by atoms with van der Waals surface area (Å²) in [5, 5.41) is 15.0. The highest BCUT2D eigenvalue weighted by molar-refractivity contribution is 6.08. The first kappa shape index (κ1) is 25.8. The Morgan fingerprint density at radius 3 is 2.84 bits per heavy atom. The molecule has 4 heterocycles. The Balaban J connectivity index is 1.24. The Morgan fingerprint density at radius 1 is 1.29 bits per heavy atom. The highest BCUT2D eigenvalue weighted by atomic mass is 19.3. The van der Waals surface area contributed by atoms with Gasteiger partial charge in [-0.2, -0.15) is 5.21 Å². The lowest BCUT2D eigenvalue weighted by molar-refractivity contribution is -0.0936. The summed E-state index contributed by atoms with van der Waals surface area (Å²) in [6.45, 7) is 8.53. The second-order valence-electron chi connectivity index (χ2n) is 10.3. The molecule has 0 bridgehead atoms. The van der Waals surface area contributed by atoms with E-state index in [0.29, 0.717) is 47.6 Å². The summed E-state index contributed by atoms with van der Waals surface area (Å²) in [4.78, 5) is 23.7. The Bertz CT molecular complexity index is 1400. The summed E-state index contributed by atoms with van der Waals surface area (Å²) in [7, 11) is 1.92. The van der Waals surface area contributed by atoms with Gasteiger partial charge in [0.05, 0.1) is 12.1 Å². The van der Waals surface area contributed by atoms with Crippen molar-refractivity contribution < 1.29 is 13.6 Å². The molecule has 5 rings (SSSR count). The Morgan fingerprint density at radius 2 is 2.11 bits per heavy atom. The molecule has 198 valence electrons. The molecule has 1 atom stereocenters. The number of H-pyrrole nitrogens is 1. The Kier molecular flexibility index (Phi) is 7.37. The fraction of sp³-hybridized carbons (Fsp3) is 0.556. The van der Waals surface area contributed by atoms with Crippen molar-refractivity contribution in [2.24, 2.45) is 13.0 Å². The van der Waals surface area contributed by atoms with Gasteiger partial charge in [-0.3, -0.25) is 4.79 Å². The van der Waals surface area contributed by atoms with Gasteiger partial charge in [0.2, 0.25) is 5.69 Å². The highest BCUT2D eigenvalue weighted by Crippen LogP contribution is 2.41. The van der Waals surface area contributed by atoms with Gasteiger partial charge < -0.3 is 9.47 Å². The Hall–Kier alpha value is -3.86. The molecule has 0 radical (unpaired) electrons. The van der Waals surface area contributed by atoms with Crippen LogP contribution in [0.15, 0.2) is 12.3 Å². The molecular weight excluding hydrogens is 490 g/mol. The molecule has 2 fully saturated rings. The minimum atomic E-state index is -2.51. The van der Waals surface area contributed by atoms with Gasteiger partial charge in [-0.15, -0.1) is 16.1 Å². The fourth-order valence-electron chi connectivity index (χ4n) is 5.44.